The molecule has 186 valence electrons. The maximum atomic E-state index is 13.3. The molecule has 1 aliphatic carbocycles. The highest BCUT2D eigenvalue weighted by atomic mass is 32.2. The second kappa shape index (κ2) is 9.83. The number of aromatic nitrogens is 2. The number of hydrogen-bond acceptors (Lipinski definition) is 4. The quantitative estimate of drug-likeness (QED) is 0.374. The number of carboxylic acids is 1. The summed E-state index contributed by atoms with van der Waals surface area (Å²) in [6.07, 6.45) is 5.98. The molecule has 2 aromatic carbocycles. The summed E-state index contributed by atoms with van der Waals surface area (Å²) >= 11 is 0. The maximum Gasteiger partial charge on any atom is 0.305 e. The molecular formula is C27H26FN3O4S. The van der Waals surface area contributed by atoms with Crippen LogP contribution < -0.4 is 4.72 Å². The first kappa shape index (κ1) is 24.1. The summed E-state index contributed by atoms with van der Waals surface area (Å²) in [7, 11) is -3.80. The van der Waals surface area contributed by atoms with Crippen molar-refractivity contribution in [2.24, 2.45) is 0 Å². The van der Waals surface area contributed by atoms with Crippen molar-refractivity contribution in [1.82, 2.24) is 14.3 Å². The molecule has 0 spiro atoms. The Labute approximate surface area is 208 Å². The van der Waals surface area contributed by atoms with Gasteiger partial charge in [-0.3, -0.25) is 9.78 Å². The second-order valence-electron chi connectivity index (χ2n) is 9.13. The monoisotopic (exact) mass is 507 g/mol. The molecule has 2 heterocycles. The smallest absolute Gasteiger partial charge is 0.305 e. The Bertz CT molecular complexity index is 1520. The van der Waals surface area contributed by atoms with Gasteiger partial charge < -0.3 is 9.67 Å². The summed E-state index contributed by atoms with van der Waals surface area (Å²) in [5, 5.41) is 10.3. The van der Waals surface area contributed by atoms with Gasteiger partial charge in [-0.1, -0.05) is 12.1 Å². The fraction of sp³-hybridized carbons (Fsp3) is 0.259. The van der Waals surface area contributed by atoms with Crippen LogP contribution in [0.25, 0.3) is 10.9 Å². The highest BCUT2D eigenvalue weighted by Crippen LogP contribution is 2.34. The molecule has 5 rings (SSSR count). The Morgan fingerprint density at radius 1 is 1.14 bits per heavy atom. The van der Waals surface area contributed by atoms with Crippen LogP contribution in [0, 0.1) is 5.82 Å². The normalized spacial score (nSPS) is 15.6. The van der Waals surface area contributed by atoms with Gasteiger partial charge in [-0.15, -0.1) is 0 Å². The lowest BCUT2D eigenvalue weighted by Crippen LogP contribution is -2.39. The molecule has 2 aromatic heterocycles. The standard InChI is InChI=1S/C27H26FN3O4S/c28-20-4-7-22(8-5-20)36(34,35)30-21-6-10-26-24(16-21)23-15-18(14-19-2-1-12-29-17-19)3-9-25(23)31(26)13-11-27(32)33/h1-5,7-9,12,15,17,21,30H,6,10-11,13-14,16H2,(H,32,33). The third-order valence-electron chi connectivity index (χ3n) is 6.66. The predicted molar refractivity (Wildman–Crippen MR) is 134 cm³/mol. The van der Waals surface area contributed by atoms with E-state index in [1.807, 2.05) is 30.5 Å². The molecule has 36 heavy (non-hydrogen) atoms. The molecule has 4 aromatic rings. The summed E-state index contributed by atoms with van der Waals surface area (Å²) < 4.78 is 44.0. The SMILES string of the molecule is O=C(O)CCn1c2c(c3cc(Cc4cccnc4)ccc31)CC(NS(=O)(=O)c1ccc(F)cc1)CC2. The van der Waals surface area contributed by atoms with Crippen LogP contribution in [0.4, 0.5) is 4.39 Å². The number of carbonyl (C=O) groups is 1. The summed E-state index contributed by atoms with van der Waals surface area (Å²) in [5.41, 5.74) is 5.24. The number of pyridine rings is 1. The lowest BCUT2D eigenvalue weighted by molar-refractivity contribution is -0.137. The van der Waals surface area contributed by atoms with Crippen LogP contribution in [0.2, 0.25) is 0 Å². The molecule has 2 N–H and O–H groups in total. The average molecular weight is 508 g/mol. The number of aryl methyl sites for hydroxylation is 1. The summed E-state index contributed by atoms with van der Waals surface area (Å²) in [6.45, 7) is 0.356. The lowest BCUT2D eigenvalue weighted by atomic mass is 9.91. The van der Waals surface area contributed by atoms with Crippen molar-refractivity contribution in [2.75, 3.05) is 0 Å². The molecule has 0 aliphatic heterocycles. The Hall–Kier alpha value is -3.56. The van der Waals surface area contributed by atoms with Gasteiger partial charge in [0.25, 0.3) is 0 Å². The number of halogens is 1. The third-order valence-corrected chi connectivity index (χ3v) is 8.19. The third kappa shape index (κ3) is 5.03. The van der Waals surface area contributed by atoms with Crippen molar-refractivity contribution in [3.05, 3.63) is 95.2 Å². The van der Waals surface area contributed by atoms with Gasteiger partial charge in [0, 0.05) is 41.6 Å². The molecule has 9 heteroatoms. The molecule has 7 nitrogen and oxygen atoms in total. The maximum absolute atomic E-state index is 13.3. The number of benzene rings is 2. The predicted octanol–water partition coefficient (Wildman–Crippen LogP) is 4.08. The molecule has 0 radical (unpaired) electrons. The first-order valence-electron chi connectivity index (χ1n) is 11.8. The first-order valence-corrected chi connectivity index (χ1v) is 13.3. The number of fused-ring (bicyclic) bond motifs is 3. The van der Waals surface area contributed by atoms with Gasteiger partial charge in [0.1, 0.15) is 5.82 Å². The Balaban J connectivity index is 1.48. The summed E-state index contributed by atoms with van der Waals surface area (Å²) in [5.74, 6) is -1.35. The summed E-state index contributed by atoms with van der Waals surface area (Å²) in [6, 6.07) is 14.6. The van der Waals surface area contributed by atoms with Crippen LogP contribution in [0.15, 0.2) is 71.9 Å². The van der Waals surface area contributed by atoms with Gasteiger partial charge in [0.15, 0.2) is 0 Å². The minimum atomic E-state index is -3.80. The molecular weight excluding hydrogens is 481 g/mol. The fourth-order valence-electron chi connectivity index (χ4n) is 5.01. The zero-order valence-corrected chi connectivity index (χ0v) is 20.3. The minimum Gasteiger partial charge on any atom is -0.481 e. The van der Waals surface area contributed by atoms with E-state index >= 15 is 0 Å². The largest absolute Gasteiger partial charge is 0.481 e. The van der Waals surface area contributed by atoms with E-state index in [0.717, 1.165) is 45.4 Å². The van der Waals surface area contributed by atoms with E-state index in [1.54, 1.807) is 6.20 Å². The summed E-state index contributed by atoms with van der Waals surface area (Å²) in [4.78, 5) is 15.5. The molecule has 1 unspecified atom stereocenters. The Morgan fingerprint density at radius 2 is 1.94 bits per heavy atom. The van der Waals surface area contributed by atoms with Crippen LogP contribution >= 0.6 is 0 Å². The van der Waals surface area contributed by atoms with Crippen molar-refractivity contribution in [2.45, 2.75) is 49.6 Å². The molecule has 0 amide bonds. The lowest BCUT2D eigenvalue weighted by Gasteiger charge is -2.25. The highest BCUT2D eigenvalue weighted by Gasteiger charge is 2.29. The van der Waals surface area contributed by atoms with E-state index in [9.17, 15) is 22.7 Å². The van der Waals surface area contributed by atoms with Crippen molar-refractivity contribution in [3.8, 4) is 0 Å². The fourth-order valence-corrected chi connectivity index (χ4v) is 6.28. The number of carboxylic acid groups (broad SMARTS) is 1. The van der Waals surface area contributed by atoms with E-state index in [-0.39, 0.29) is 17.4 Å². The van der Waals surface area contributed by atoms with Gasteiger partial charge >= 0.3 is 5.97 Å². The number of sulfonamides is 1. The highest BCUT2D eigenvalue weighted by molar-refractivity contribution is 7.89. The van der Waals surface area contributed by atoms with Crippen molar-refractivity contribution >= 4 is 26.9 Å². The molecule has 0 saturated carbocycles. The van der Waals surface area contributed by atoms with Crippen LogP contribution in [-0.2, 0) is 40.6 Å². The number of nitrogens with one attached hydrogen (secondary N) is 1. The number of nitrogens with zero attached hydrogens (tertiary/aromatic N) is 2. The van der Waals surface area contributed by atoms with Crippen molar-refractivity contribution < 1.29 is 22.7 Å². The number of hydrogen-bond donors (Lipinski definition) is 2. The van der Waals surface area contributed by atoms with E-state index < -0.39 is 21.8 Å². The van der Waals surface area contributed by atoms with Gasteiger partial charge in [-0.05, 0) is 84.8 Å². The van der Waals surface area contributed by atoms with Crippen molar-refractivity contribution in [1.29, 1.82) is 0 Å². The Kier molecular flexibility index (Phi) is 6.59. The average Bonchev–Trinajstić information content (AvgIpc) is 3.15. The van der Waals surface area contributed by atoms with Gasteiger partial charge in [0.2, 0.25) is 10.0 Å². The molecule has 0 bridgehead atoms. The number of aliphatic carboxylic acids is 1. The van der Waals surface area contributed by atoms with E-state index in [0.29, 0.717) is 32.2 Å². The van der Waals surface area contributed by atoms with E-state index in [2.05, 4.69) is 20.3 Å². The van der Waals surface area contributed by atoms with Crippen LogP contribution in [0.1, 0.15) is 35.2 Å². The topological polar surface area (TPSA) is 101 Å². The molecule has 0 fully saturated rings. The molecule has 1 atom stereocenters. The minimum absolute atomic E-state index is 0.00822. The van der Waals surface area contributed by atoms with E-state index in [1.165, 1.54) is 12.1 Å². The second-order valence-corrected chi connectivity index (χ2v) is 10.8. The van der Waals surface area contributed by atoms with Crippen LogP contribution in [0.3, 0.4) is 0 Å². The number of rotatable bonds is 8. The van der Waals surface area contributed by atoms with Gasteiger partial charge in [-0.2, -0.15) is 0 Å². The molecule has 0 saturated heterocycles. The first-order chi connectivity index (χ1) is 17.3. The van der Waals surface area contributed by atoms with E-state index in [4.69, 9.17) is 0 Å². The van der Waals surface area contributed by atoms with Gasteiger partial charge in [0.05, 0.1) is 11.3 Å². The zero-order valence-electron chi connectivity index (χ0n) is 19.5. The van der Waals surface area contributed by atoms with Crippen molar-refractivity contribution in [3.63, 3.8) is 0 Å². The van der Waals surface area contributed by atoms with Crippen LogP contribution in [0.5, 0.6) is 0 Å². The van der Waals surface area contributed by atoms with Gasteiger partial charge in [-0.25, -0.2) is 17.5 Å². The zero-order chi connectivity index (χ0) is 25.3. The van der Waals surface area contributed by atoms with Crippen LogP contribution in [-0.4, -0.2) is 35.1 Å². The Morgan fingerprint density at radius 3 is 2.67 bits per heavy atom. The molecule has 1 aliphatic rings.